The number of halogens is 1. The zero-order valence-corrected chi connectivity index (χ0v) is 11.3. The van der Waals surface area contributed by atoms with Crippen LogP contribution in [0.3, 0.4) is 0 Å². The van der Waals surface area contributed by atoms with E-state index < -0.39 is 0 Å². The number of hydrogen-bond acceptors (Lipinski definition) is 2. The normalized spacial score (nSPS) is 10.5. The fourth-order valence-corrected chi connectivity index (χ4v) is 1.73. The molecule has 0 bridgehead atoms. The van der Waals surface area contributed by atoms with Gasteiger partial charge in [-0.05, 0) is 32.4 Å². The van der Waals surface area contributed by atoms with E-state index in [1.54, 1.807) is 24.5 Å². The van der Waals surface area contributed by atoms with Crippen molar-refractivity contribution in [3.8, 4) is 0 Å². The standard InChI is InChI=1S/C12H17BrN2O/c1-10(2)15(8-4-6-13)12(16)11-5-3-7-14-9-11/h3,5,7,9-10H,4,6,8H2,1-2H3. The average molecular weight is 285 g/mol. The third-order valence-corrected chi connectivity index (χ3v) is 2.89. The summed E-state index contributed by atoms with van der Waals surface area (Å²) in [5, 5.41) is 0.913. The van der Waals surface area contributed by atoms with Crippen LogP contribution in [0.1, 0.15) is 30.6 Å². The summed E-state index contributed by atoms with van der Waals surface area (Å²) in [6.07, 6.45) is 4.25. The van der Waals surface area contributed by atoms with Crippen molar-refractivity contribution < 1.29 is 4.79 Å². The molecule has 16 heavy (non-hydrogen) atoms. The lowest BCUT2D eigenvalue weighted by Crippen LogP contribution is -2.37. The van der Waals surface area contributed by atoms with Gasteiger partial charge in [-0.25, -0.2) is 0 Å². The summed E-state index contributed by atoms with van der Waals surface area (Å²) in [6, 6.07) is 3.81. The minimum atomic E-state index is 0.0593. The maximum Gasteiger partial charge on any atom is 0.255 e. The van der Waals surface area contributed by atoms with Gasteiger partial charge in [0.2, 0.25) is 0 Å². The molecule has 1 rings (SSSR count). The van der Waals surface area contributed by atoms with Crippen molar-refractivity contribution in [3.63, 3.8) is 0 Å². The summed E-state index contributed by atoms with van der Waals surface area (Å²) in [5.74, 6) is 0.0593. The molecular formula is C12H17BrN2O. The molecule has 1 aromatic rings. The maximum atomic E-state index is 12.2. The molecule has 0 aromatic carbocycles. The largest absolute Gasteiger partial charge is 0.336 e. The number of rotatable bonds is 5. The molecule has 0 aliphatic rings. The molecule has 0 atom stereocenters. The van der Waals surface area contributed by atoms with E-state index in [1.807, 2.05) is 18.7 Å². The smallest absolute Gasteiger partial charge is 0.255 e. The average Bonchev–Trinajstić information content (AvgIpc) is 2.30. The van der Waals surface area contributed by atoms with Crippen LogP contribution in [0.25, 0.3) is 0 Å². The van der Waals surface area contributed by atoms with Crippen LogP contribution in [-0.2, 0) is 0 Å². The first-order valence-electron chi connectivity index (χ1n) is 5.43. The van der Waals surface area contributed by atoms with Crippen molar-refractivity contribution in [2.24, 2.45) is 0 Å². The van der Waals surface area contributed by atoms with Gasteiger partial charge in [-0.3, -0.25) is 9.78 Å². The maximum absolute atomic E-state index is 12.2. The molecule has 1 heterocycles. The summed E-state index contributed by atoms with van der Waals surface area (Å²) < 4.78 is 0. The van der Waals surface area contributed by atoms with Crippen molar-refractivity contribution in [2.45, 2.75) is 26.3 Å². The van der Waals surface area contributed by atoms with E-state index in [4.69, 9.17) is 0 Å². The Labute approximate surface area is 105 Å². The summed E-state index contributed by atoms with van der Waals surface area (Å²) in [5.41, 5.74) is 0.658. The van der Waals surface area contributed by atoms with Crippen molar-refractivity contribution in [1.29, 1.82) is 0 Å². The van der Waals surface area contributed by atoms with Crippen LogP contribution in [0.5, 0.6) is 0 Å². The molecule has 0 aliphatic heterocycles. The highest BCUT2D eigenvalue weighted by atomic mass is 79.9. The zero-order valence-electron chi connectivity index (χ0n) is 9.69. The Morgan fingerprint density at radius 3 is 2.81 bits per heavy atom. The molecule has 0 saturated heterocycles. The zero-order chi connectivity index (χ0) is 12.0. The molecule has 0 saturated carbocycles. The van der Waals surface area contributed by atoms with E-state index in [2.05, 4.69) is 20.9 Å². The van der Waals surface area contributed by atoms with Crippen LogP contribution in [0, 0.1) is 0 Å². The molecule has 0 aliphatic carbocycles. The Kier molecular flexibility index (Phi) is 5.46. The van der Waals surface area contributed by atoms with Gasteiger partial charge in [-0.15, -0.1) is 0 Å². The highest BCUT2D eigenvalue weighted by molar-refractivity contribution is 9.09. The van der Waals surface area contributed by atoms with Gasteiger partial charge in [0, 0.05) is 30.3 Å². The minimum Gasteiger partial charge on any atom is -0.336 e. The van der Waals surface area contributed by atoms with Crippen LogP contribution < -0.4 is 0 Å². The molecule has 3 nitrogen and oxygen atoms in total. The Hall–Kier alpha value is -0.900. The third kappa shape index (κ3) is 3.59. The van der Waals surface area contributed by atoms with Gasteiger partial charge in [0.25, 0.3) is 5.91 Å². The van der Waals surface area contributed by atoms with Gasteiger partial charge in [0.05, 0.1) is 5.56 Å². The van der Waals surface area contributed by atoms with Gasteiger partial charge in [-0.1, -0.05) is 15.9 Å². The Morgan fingerprint density at radius 1 is 1.56 bits per heavy atom. The Bertz CT molecular complexity index is 327. The predicted molar refractivity (Wildman–Crippen MR) is 68.8 cm³/mol. The van der Waals surface area contributed by atoms with E-state index in [1.165, 1.54) is 0 Å². The molecule has 1 aromatic heterocycles. The van der Waals surface area contributed by atoms with Crippen LogP contribution in [0.2, 0.25) is 0 Å². The third-order valence-electron chi connectivity index (χ3n) is 2.33. The number of amides is 1. The van der Waals surface area contributed by atoms with Crippen molar-refractivity contribution in [3.05, 3.63) is 30.1 Å². The highest BCUT2D eigenvalue weighted by Crippen LogP contribution is 2.08. The van der Waals surface area contributed by atoms with Gasteiger partial charge in [0.1, 0.15) is 0 Å². The lowest BCUT2D eigenvalue weighted by molar-refractivity contribution is 0.0706. The van der Waals surface area contributed by atoms with E-state index in [9.17, 15) is 4.79 Å². The fraction of sp³-hybridized carbons (Fsp3) is 0.500. The van der Waals surface area contributed by atoms with Crippen molar-refractivity contribution >= 4 is 21.8 Å². The van der Waals surface area contributed by atoms with Gasteiger partial charge in [-0.2, -0.15) is 0 Å². The molecule has 4 heteroatoms. The SMILES string of the molecule is CC(C)N(CCCBr)C(=O)c1cccnc1. The molecule has 1 amide bonds. The Balaban J connectivity index is 2.75. The topological polar surface area (TPSA) is 33.2 Å². The number of aromatic nitrogens is 1. The first-order valence-corrected chi connectivity index (χ1v) is 6.56. The summed E-state index contributed by atoms with van der Waals surface area (Å²) in [7, 11) is 0. The van der Waals surface area contributed by atoms with E-state index >= 15 is 0 Å². The number of hydrogen-bond donors (Lipinski definition) is 0. The second-order valence-electron chi connectivity index (χ2n) is 3.88. The van der Waals surface area contributed by atoms with E-state index in [0.29, 0.717) is 5.56 Å². The predicted octanol–water partition coefficient (Wildman–Crippen LogP) is 2.72. The Morgan fingerprint density at radius 2 is 2.31 bits per heavy atom. The summed E-state index contributed by atoms with van der Waals surface area (Å²) in [4.78, 5) is 18.0. The summed E-state index contributed by atoms with van der Waals surface area (Å²) >= 11 is 3.38. The van der Waals surface area contributed by atoms with Crippen molar-refractivity contribution in [1.82, 2.24) is 9.88 Å². The summed E-state index contributed by atoms with van der Waals surface area (Å²) in [6.45, 7) is 4.83. The second kappa shape index (κ2) is 6.63. The minimum absolute atomic E-state index is 0.0593. The van der Waals surface area contributed by atoms with Gasteiger partial charge >= 0.3 is 0 Å². The lowest BCUT2D eigenvalue weighted by Gasteiger charge is -2.26. The lowest BCUT2D eigenvalue weighted by atomic mass is 10.2. The molecule has 0 spiro atoms. The fourth-order valence-electron chi connectivity index (χ4n) is 1.48. The number of carbonyl (C=O) groups is 1. The first-order chi connectivity index (χ1) is 7.66. The quantitative estimate of drug-likeness (QED) is 0.779. The number of alkyl halides is 1. The molecule has 0 fully saturated rings. The second-order valence-corrected chi connectivity index (χ2v) is 4.67. The van der Waals surface area contributed by atoms with Crippen LogP contribution in [0.15, 0.2) is 24.5 Å². The van der Waals surface area contributed by atoms with E-state index in [0.717, 1.165) is 18.3 Å². The number of pyridine rings is 1. The first kappa shape index (κ1) is 13.2. The van der Waals surface area contributed by atoms with Gasteiger partial charge in [0.15, 0.2) is 0 Å². The highest BCUT2D eigenvalue weighted by Gasteiger charge is 2.17. The molecule has 88 valence electrons. The van der Waals surface area contributed by atoms with Crippen LogP contribution in [-0.4, -0.2) is 33.7 Å². The van der Waals surface area contributed by atoms with Gasteiger partial charge < -0.3 is 4.90 Å². The van der Waals surface area contributed by atoms with E-state index in [-0.39, 0.29) is 11.9 Å². The number of carbonyl (C=O) groups excluding carboxylic acids is 1. The van der Waals surface area contributed by atoms with Crippen molar-refractivity contribution in [2.75, 3.05) is 11.9 Å². The molecule has 0 radical (unpaired) electrons. The molecule has 0 unspecified atom stereocenters. The van der Waals surface area contributed by atoms with Crippen LogP contribution >= 0.6 is 15.9 Å². The molecular weight excluding hydrogens is 268 g/mol. The molecule has 0 N–H and O–H groups in total. The number of nitrogens with zero attached hydrogens (tertiary/aromatic N) is 2. The van der Waals surface area contributed by atoms with Crippen LogP contribution in [0.4, 0.5) is 0 Å². The monoisotopic (exact) mass is 284 g/mol.